The molecule has 2 aliphatic rings. The number of methoxy groups -OCH3 is 1. The molecule has 10 heteroatoms. The SMILES string of the molecule is COC(=O)C1=C(Nc2ccc(NC3CCN(C(=O)OC(C)(C)C)CC3)cc2)C(=O)N(CCO)C1. The van der Waals surface area contributed by atoms with Crippen LogP contribution in [0.4, 0.5) is 16.2 Å². The number of ether oxygens (including phenoxy) is 2. The standard InChI is InChI=1S/C24H34N4O6/c1-24(2,3)34-23(32)27-11-9-18(10-12-27)25-16-5-7-17(8-6-16)26-20-19(22(31)33-4)15-28(13-14-29)21(20)30/h5-8,18,25-26,29H,9-15H2,1-4H3. The van der Waals surface area contributed by atoms with Crippen molar-refractivity contribution in [2.24, 2.45) is 0 Å². The molecule has 0 aliphatic carbocycles. The van der Waals surface area contributed by atoms with Gasteiger partial charge in [0.05, 0.1) is 25.8 Å². The number of piperidine rings is 1. The van der Waals surface area contributed by atoms with E-state index in [4.69, 9.17) is 9.47 Å². The minimum Gasteiger partial charge on any atom is -0.466 e. The summed E-state index contributed by atoms with van der Waals surface area (Å²) in [4.78, 5) is 40.1. The summed E-state index contributed by atoms with van der Waals surface area (Å²) >= 11 is 0. The van der Waals surface area contributed by atoms with Crippen molar-refractivity contribution >= 4 is 29.3 Å². The van der Waals surface area contributed by atoms with Gasteiger partial charge in [-0.05, 0) is 57.9 Å². The highest BCUT2D eigenvalue weighted by Gasteiger charge is 2.34. The summed E-state index contributed by atoms with van der Waals surface area (Å²) in [6.07, 6.45) is 1.34. The number of likely N-dealkylation sites (tertiary alicyclic amines) is 1. The van der Waals surface area contributed by atoms with Gasteiger partial charge < -0.3 is 35.0 Å². The first kappa shape index (κ1) is 25.4. The lowest BCUT2D eigenvalue weighted by molar-refractivity contribution is -0.136. The van der Waals surface area contributed by atoms with E-state index < -0.39 is 11.6 Å². The number of hydrogen-bond donors (Lipinski definition) is 3. The predicted molar refractivity (Wildman–Crippen MR) is 127 cm³/mol. The zero-order valence-electron chi connectivity index (χ0n) is 20.2. The molecule has 1 fully saturated rings. The van der Waals surface area contributed by atoms with Crippen LogP contribution in [0.25, 0.3) is 0 Å². The Morgan fingerprint density at radius 2 is 1.74 bits per heavy atom. The second-order valence-electron chi connectivity index (χ2n) is 9.38. The van der Waals surface area contributed by atoms with Gasteiger partial charge in [0.1, 0.15) is 11.3 Å². The predicted octanol–water partition coefficient (Wildman–Crippen LogP) is 2.17. The van der Waals surface area contributed by atoms with Gasteiger partial charge in [-0.1, -0.05) is 0 Å². The number of carbonyl (C=O) groups excluding carboxylic acids is 3. The number of aliphatic hydroxyl groups is 1. The fourth-order valence-electron chi connectivity index (χ4n) is 3.91. The lowest BCUT2D eigenvalue weighted by Crippen LogP contribution is -2.44. The van der Waals surface area contributed by atoms with E-state index in [-0.39, 0.29) is 49.0 Å². The van der Waals surface area contributed by atoms with Crippen LogP contribution in [0.15, 0.2) is 35.5 Å². The minimum absolute atomic E-state index is 0.0933. The van der Waals surface area contributed by atoms with Crippen LogP contribution in [0.1, 0.15) is 33.6 Å². The van der Waals surface area contributed by atoms with Gasteiger partial charge in [0.2, 0.25) is 0 Å². The number of nitrogens with zero attached hydrogens (tertiary/aromatic N) is 2. The monoisotopic (exact) mass is 474 g/mol. The minimum atomic E-state index is -0.577. The van der Waals surface area contributed by atoms with E-state index in [0.717, 1.165) is 18.5 Å². The summed E-state index contributed by atoms with van der Waals surface area (Å²) in [7, 11) is 1.27. The summed E-state index contributed by atoms with van der Waals surface area (Å²) in [6.45, 7) is 6.88. The highest BCUT2D eigenvalue weighted by molar-refractivity contribution is 6.08. The number of rotatable bonds is 7. The highest BCUT2D eigenvalue weighted by atomic mass is 16.6. The van der Waals surface area contributed by atoms with Crippen molar-refractivity contribution in [3.63, 3.8) is 0 Å². The molecule has 0 spiro atoms. The summed E-state index contributed by atoms with van der Waals surface area (Å²) in [6, 6.07) is 7.66. The van der Waals surface area contributed by atoms with Crippen LogP contribution in [0.3, 0.4) is 0 Å². The average molecular weight is 475 g/mol. The Kier molecular flexibility index (Phi) is 8.03. The third-order valence-corrected chi connectivity index (χ3v) is 5.63. The molecule has 0 aromatic heterocycles. The molecule has 3 rings (SSSR count). The molecular formula is C24H34N4O6. The molecule has 2 aliphatic heterocycles. The van der Waals surface area contributed by atoms with Crippen LogP contribution in [0, 0.1) is 0 Å². The van der Waals surface area contributed by atoms with E-state index in [0.29, 0.717) is 18.8 Å². The molecule has 186 valence electrons. The van der Waals surface area contributed by atoms with Gasteiger partial charge in [-0.25, -0.2) is 9.59 Å². The van der Waals surface area contributed by atoms with Crippen molar-refractivity contribution in [2.75, 3.05) is 50.5 Å². The zero-order valence-corrected chi connectivity index (χ0v) is 20.2. The Bertz CT molecular complexity index is 930. The van der Waals surface area contributed by atoms with Gasteiger partial charge in [-0.15, -0.1) is 0 Å². The Morgan fingerprint density at radius 3 is 2.29 bits per heavy atom. The van der Waals surface area contributed by atoms with Crippen molar-refractivity contribution in [1.82, 2.24) is 9.80 Å². The molecule has 2 heterocycles. The second kappa shape index (κ2) is 10.8. The van der Waals surface area contributed by atoms with Crippen molar-refractivity contribution in [3.05, 3.63) is 35.5 Å². The Labute approximate surface area is 199 Å². The Morgan fingerprint density at radius 1 is 1.12 bits per heavy atom. The number of esters is 1. The number of anilines is 2. The molecule has 0 bridgehead atoms. The molecule has 0 atom stereocenters. The Hall–Kier alpha value is -3.27. The maximum absolute atomic E-state index is 12.6. The number of benzene rings is 1. The summed E-state index contributed by atoms with van der Waals surface area (Å²) < 4.78 is 10.2. The maximum Gasteiger partial charge on any atom is 0.410 e. The molecule has 10 nitrogen and oxygen atoms in total. The third-order valence-electron chi connectivity index (χ3n) is 5.63. The molecule has 3 N–H and O–H groups in total. The summed E-state index contributed by atoms with van der Waals surface area (Å²) in [5.41, 5.74) is 1.47. The van der Waals surface area contributed by atoms with E-state index in [1.165, 1.54) is 12.0 Å². The van der Waals surface area contributed by atoms with Crippen LogP contribution < -0.4 is 10.6 Å². The van der Waals surface area contributed by atoms with E-state index in [2.05, 4.69) is 10.6 Å². The van der Waals surface area contributed by atoms with Crippen molar-refractivity contribution in [3.8, 4) is 0 Å². The van der Waals surface area contributed by atoms with Crippen LogP contribution >= 0.6 is 0 Å². The molecule has 0 unspecified atom stereocenters. The topological polar surface area (TPSA) is 120 Å². The zero-order chi connectivity index (χ0) is 24.9. The van der Waals surface area contributed by atoms with Gasteiger partial charge in [0.15, 0.2) is 0 Å². The van der Waals surface area contributed by atoms with Crippen molar-refractivity contribution in [2.45, 2.75) is 45.3 Å². The first-order chi connectivity index (χ1) is 16.1. The molecular weight excluding hydrogens is 440 g/mol. The van der Waals surface area contributed by atoms with Crippen molar-refractivity contribution in [1.29, 1.82) is 0 Å². The molecule has 2 amide bonds. The van der Waals surface area contributed by atoms with Crippen molar-refractivity contribution < 1.29 is 29.0 Å². The van der Waals surface area contributed by atoms with Gasteiger partial charge in [0, 0.05) is 37.1 Å². The molecule has 0 radical (unpaired) electrons. The van der Waals surface area contributed by atoms with Gasteiger partial charge in [-0.3, -0.25) is 4.79 Å². The van der Waals surface area contributed by atoms with E-state index >= 15 is 0 Å². The van der Waals surface area contributed by atoms with Gasteiger partial charge >= 0.3 is 12.1 Å². The molecule has 1 aromatic rings. The van der Waals surface area contributed by atoms with Gasteiger partial charge in [0.25, 0.3) is 5.91 Å². The molecule has 1 saturated heterocycles. The number of β-amino-alcohol motifs (C(OH)–C–C–N with tert-alkyl or cyclic N) is 1. The normalized spacial score (nSPS) is 17.1. The van der Waals surface area contributed by atoms with Crippen LogP contribution in [0.5, 0.6) is 0 Å². The van der Waals surface area contributed by atoms with Crippen LogP contribution in [-0.4, -0.2) is 84.4 Å². The summed E-state index contributed by atoms with van der Waals surface area (Å²) in [5.74, 6) is -0.930. The number of nitrogens with one attached hydrogen (secondary N) is 2. The lowest BCUT2D eigenvalue weighted by Gasteiger charge is -2.34. The number of aliphatic hydroxyl groups excluding tert-OH is 1. The fourth-order valence-corrected chi connectivity index (χ4v) is 3.91. The van der Waals surface area contributed by atoms with Crippen LogP contribution in [-0.2, 0) is 19.1 Å². The van der Waals surface area contributed by atoms with E-state index in [1.54, 1.807) is 4.90 Å². The number of amides is 2. The molecule has 0 saturated carbocycles. The first-order valence-corrected chi connectivity index (χ1v) is 11.4. The third kappa shape index (κ3) is 6.40. The Balaban J connectivity index is 1.57. The maximum atomic E-state index is 12.6. The first-order valence-electron chi connectivity index (χ1n) is 11.4. The summed E-state index contributed by atoms with van der Waals surface area (Å²) in [5, 5.41) is 15.7. The molecule has 34 heavy (non-hydrogen) atoms. The van der Waals surface area contributed by atoms with Crippen LogP contribution in [0.2, 0.25) is 0 Å². The van der Waals surface area contributed by atoms with Gasteiger partial charge in [-0.2, -0.15) is 0 Å². The average Bonchev–Trinajstić information content (AvgIpc) is 3.09. The smallest absolute Gasteiger partial charge is 0.410 e. The lowest BCUT2D eigenvalue weighted by atomic mass is 10.0. The quantitative estimate of drug-likeness (QED) is 0.515. The van der Waals surface area contributed by atoms with E-state index in [9.17, 15) is 19.5 Å². The molecule has 1 aromatic carbocycles. The number of hydrogen-bond acceptors (Lipinski definition) is 8. The highest BCUT2D eigenvalue weighted by Crippen LogP contribution is 2.25. The second-order valence-corrected chi connectivity index (χ2v) is 9.38. The van der Waals surface area contributed by atoms with E-state index in [1.807, 2.05) is 45.0 Å². The number of carbonyl (C=O) groups is 3. The largest absolute Gasteiger partial charge is 0.466 e. The fraction of sp³-hybridized carbons (Fsp3) is 0.542.